The molecule has 7 nitrogen and oxygen atoms in total. The summed E-state index contributed by atoms with van der Waals surface area (Å²) in [7, 11) is 6.12. The first-order valence-corrected chi connectivity index (χ1v) is 15.2. The molecule has 5 atom stereocenters. The molecule has 1 N–H and O–H groups in total. The van der Waals surface area contributed by atoms with Gasteiger partial charge in [0.25, 0.3) is 0 Å². The van der Waals surface area contributed by atoms with Gasteiger partial charge in [-0.1, -0.05) is 18.2 Å². The van der Waals surface area contributed by atoms with Crippen molar-refractivity contribution in [1.29, 1.82) is 0 Å². The lowest BCUT2D eigenvalue weighted by Gasteiger charge is -2.69. The van der Waals surface area contributed by atoms with E-state index in [1.165, 1.54) is 48.8 Å². The van der Waals surface area contributed by atoms with Gasteiger partial charge in [0.05, 0.1) is 11.5 Å². The molecule has 2 bridgehead atoms. The van der Waals surface area contributed by atoms with Crippen LogP contribution in [0.2, 0.25) is 0 Å². The van der Waals surface area contributed by atoms with Crippen LogP contribution in [0.4, 0.5) is 13.2 Å². The first kappa shape index (κ1) is 28.5. The first-order chi connectivity index (χ1) is 20.4. The number of carbonyl (C=O) groups excluding carboxylic acids is 1. The van der Waals surface area contributed by atoms with Crippen LogP contribution in [0.1, 0.15) is 48.8 Å². The van der Waals surface area contributed by atoms with Crippen molar-refractivity contribution in [1.82, 2.24) is 14.7 Å². The Morgan fingerprint density at radius 3 is 2.67 bits per heavy atom. The normalized spacial score (nSPS) is 31.2. The second kappa shape index (κ2) is 9.89. The van der Waals surface area contributed by atoms with Crippen LogP contribution in [0.25, 0.3) is 6.08 Å². The predicted molar refractivity (Wildman–Crippen MR) is 155 cm³/mol. The van der Waals surface area contributed by atoms with Gasteiger partial charge >= 0.3 is 6.36 Å². The van der Waals surface area contributed by atoms with Gasteiger partial charge in [0, 0.05) is 36.8 Å². The van der Waals surface area contributed by atoms with Gasteiger partial charge in [-0.25, -0.2) is 0 Å². The predicted octanol–water partition coefficient (Wildman–Crippen LogP) is 4.96. The Kier molecular flexibility index (Phi) is 6.56. The lowest BCUT2D eigenvalue weighted by molar-refractivity contribution is -0.274. The average molecular weight is 598 g/mol. The lowest BCUT2D eigenvalue weighted by Crippen LogP contribution is -2.82. The minimum Gasteiger partial charge on any atom is -0.504 e. The minimum atomic E-state index is -4.79. The number of alkyl halides is 3. The molecule has 0 aromatic heterocycles. The van der Waals surface area contributed by atoms with E-state index >= 15 is 0 Å². The van der Waals surface area contributed by atoms with E-state index in [1.807, 2.05) is 0 Å². The molecule has 2 unspecified atom stereocenters. The highest BCUT2D eigenvalue weighted by Crippen LogP contribution is 2.67. The van der Waals surface area contributed by atoms with Crippen LogP contribution in [0.5, 0.6) is 17.2 Å². The monoisotopic (exact) mass is 597 g/mol. The molecule has 2 heterocycles. The Labute approximate surface area is 249 Å². The number of carbonyl (C=O) groups is 1. The summed E-state index contributed by atoms with van der Waals surface area (Å²) in [4.78, 5) is 20.4. The largest absolute Gasteiger partial charge is 0.573 e. The molecule has 3 aliphatic carbocycles. The number of aromatic hydroxyl groups is 1. The molecule has 3 fully saturated rings. The van der Waals surface area contributed by atoms with E-state index in [1.54, 1.807) is 24.1 Å². The van der Waals surface area contributed by atoms with E-state index in [4.69, 9.17) is 4.74 Å². The van der Waals surface area contributed by atoms with Gasteiger partial charge in [-0.15, -0.1) is 13.2 Å². The second-order valence-electron chi connectivity index (χ2n) is 13.2. The van der Waals surface area contributed by atoms with Crippen molar-refractivity contribution >= 4 is 12.0 Å². The Bertz CT molecular complexity index is 1470. The van der Waals surface area contributed by atoms with E-state index in [0.717, 1.165) is 50.3 Å². The molecule has 1 spiro atoms. The number of likely N-dealkylation sites (tertiary alicyclic amines) is 1. The summed E-state index contributed by atoms with van der Waals surface area (Å²) >= 11 is 0. The van der Waals surface area contributed by atoms with Crippen molar-refractivity contribution in [2.24, 2.45) is 5.92 Å². The number of phenolic OH excluding ortho intramolecular Hbond substituents is 1. The van der Waals surface area contributed by atoms with Crippen LogP contribution in [-0.4, -0.2) is 90.0 Å². The van der Waals surface area contributed by atoms with Crippen LogP contribution in [-0.2, 0) is 16.6 Å². The van der Waals surface area contributed by atoms with Crippen molar-refractivity contribution in [3.8, 4) is 17.2 Å². The number of piperidine rings is 1. The second-order valence-corrected chi connectivity index (χ2v) is 13.2. The number of amides is 1. The third-order valence-electron chi connectivity index (χ3n) is 10.9. The van der Waals surface area contributed by atoms with Crippen LogP contribution < -0.4 is 9.47 Å². The van der Waals surface area contributed by atoms with E-state index in [-0.39, 0.29) is 35.1 Å². The van der Waals surface area contributed by atoms with Crippen molar-refractivity contribution < 1.29 is 32.5 Å². The maximum atomic E-state index is 13.6. The van der Waals surface area contributed by atoms with Crippen molar-refractivity contribution in [2.45, 2.75) is 74.0 Å². The van der Waals surface area contributed by atoms with Crippen LogP contribution in [0, 0.1) is 5.92 Å². The Hall–Kier alpha value is -3.24. The summed E-state index contributed by atoms with van der Waals surface area (Å²) in [6, 6.07) is 9.42. The molecule has 1 saturated heterocycles. The Balaban J connectivity index is 1.22. The quantitative estimate of drug-likeness (QED) is 0.455. The third-order valence-corrected chi connectivity index (χ3v) is 10.9. The molecule has 7 rings (SSSR count). The molecular formula is C33H38F3N3O4. The topological polar surface area (TPSA) is 65.5 Å². The fourth-order valence-corrected chi connectivity index (χ4v) is 9.04. The highest BCUT2D eigenvalue weighted by Gasteiger charge is 2.74. The maximum Gasteiger partial charge on any atom is 0.573 e. The van der Waals surface area contributed by atoms with Gasteiger partial charge in [-0.05, 0) is 100 Å². The van der Waals surface area contributed by atoms with E-state index in [2.05, 4.69) is 34.7 Å². The molecule has 230 valence electrons. The Morgan fingerprint density at radius 2 is 1.95 bits per heavy atom. The molecule has 0 radical (unpaired) electrons. The van der Waals surface area contributed by atoms with Crippen molar-refractivity contribution in [3.63, 3.8) is 0 Å². The molecule has 2 saturated carbocycles. The fourth-order valence-electron chi connectivity index (χ4n) is 9.04. The molecule has 10 heteroatoms. The van der Waals surface area contributed by atoms with Crippen molar-refractivity contribution in [2.75, 3.05) is 34.2 Å². The number of ether oxygens (including phenoxy) is 2. The number of hydrogen-bond donors (Lipinski definition) is 1. The standard InChI is InChI=1S/C33H38F3N3O4/c1-37(2)32-14-13-24(38(3)27(41)12-9-20-5-4-6-23(17-20)43-33(34,35)36)30-31(32)15-16-39(19-21-7-8-21)26(32)18-22-10-11-25(40)29(42-30)28(22)31/h4-6,9-12,17,21,24,26,30,40H,7-8,13-16,18-19H2,1-3H3/b12-9+/t24?,26-,30?,31+,32-/m1/s1. The molecular weight excluding hydrogens is 559 g/mol. The number of nitrogens with zero attached hydrogens (tertiary/aromatic N) is 3. The highest BCUT2D eigenvalue weighted by atomic mass is 19.4. The van der Waals surface area contributed by atoms with Crippen LogP contribution >= 0.6 is 0 Å². The van der Waals surface area contributed by atoms with Gasteiger partial charge in [-0.2, -0.15) is 0 Å². The van der Waals surface area contributed by atoms with Gasteiger partial charge in [0.2, 0.25) is 5.91 Å². The minimum absolute atomic E-state index is 0.141. The van der Waals surface area contributed by atoms with Gasteiger partial charge < -0.3 is 24.4 Å². The number of likely N-dealkylation sites (N-methyl/N-ethyl adjacent to an activating group) is 2. The summed E-state index contributed by atoms with van der Waals surface area (Å²) in [5.74, 6) is 0.876. The summed E-state index contributed by atoms with van der Waals surface area (Å²) in [5.41, 5.74) is 2.17. The molecule has 43 heavy (non-hydrogen) atoms. The molecule has 2 aliphatic heterocycles. The number of rotatable bonds is 7. The number of phenols is 1. The van der Waals surface area contributed by atoms with Gasteiger partial charge in [0.15, 0.2) is 11.5 Å². The zero-order valence-corrected chi connectivity index (χ0v) is 24.7. The lowest BCUT2D eigenvalue weighted by atomic mass is 9.46. The fraction of sp³-hybridized carbons (Fsp3) is 0.545. The summed E-state index contributed by atoms with van der Waals surface area (Å²) in [6.45, 7) is 2.07. The highest BCUT2D eigenvalue weighted by molar-refractivity contribution is 5.92. The van der Waals surface area contributed by atoms with Gasteiger partial charge in [0.1, 0.15) is 11.9 Å². The molecule has 5 aliphatic rings. The zero-order chi connectivity index (χ0) is 30.3. The number of hydrogen-bond acceptors (Lipinski definition) is 6. The van der Waals surface area contributed by atoms with E-state index < -0.39 is 11.8 Å². The summed E-state index contributed by atoms with van der Waals surface area (Å²) < 4.78 is 48.9. The molecule has 1 amide bonds. The van der Waals surface area contributed by atoms with Gasteiger partial charge in [-0.3, -0.25) is 9.69 Å². The number of halogens is 3. The number of benzene rings is 2. The summed E-state index contributed by atoms with van der Waals surface area (Å²) in [6.07, 6.45) is 3.75. The van der Waals surface area contributed by atoms with Crippen molar-refractivity contribution in [3.05, 3.63) is 59.2 Å². The van der Waals surface area contributed by atoms with E-state index in [0.29, 0.717) is 17.4 Å². The first-order valence-electron chi connectivity index (χ1n) is 15.2. The average Bonchev–Trinajstić information content (AvgIpc) is 3.70. The molecule has 2 aromatic carbocycles. The zero-order valence-electron chi connectivity index (χ0n) is 24.7. The van der Waals surface area contributed by atoms with E-state index in [9.17, 15) is 23.1 Å². The Morgan fingerprint density at radius 1 is 1.16 bits per heavy atom. The summed E-state index contributed by atoms with van der Waals surface area (Å²) in [5, 5.41) is 11.0. The molecule has 2 aromatic rings. The SMILES string of the molecule is CN(C(=O)/C=C/c1cccc(OC(F)(F)F)c1)C1CC[C@@]2(N(C)C)[C@H]3Cc4ccc(O)c5c4[C@@]2(CCN3CC2CC2)C1O5. The van der Waals surface area contributed by atoms with Crippen LogP contribution in [0.15, 0.2) is 42.5 Å². The maximum absolute atomic E-state index is 13.6. The smallest absolute Gasteiger partial charge is 0.504 e. The third kappa shape index (κ3) is 4.35. The van der Waals surface area contributed by atoms with Crippen LogP contribution in [0.3, 0.4) is 0 Å².